The average molecular weight is 486 g/mol. The molecule has 8 nitrogen and oxygen atoms in total. The van der Waals surface area contributed by atoms with Crippen LogP contribution in [0.15, 0.2) is 41.3 Å². The first-order valence-electron chi connectivity index (χ1n) is 11.3. The van der Waals surface area contributed by atoms with Gasteiger partial charge in [0.15, 0.2) is 0 Å². The van der Waals surface area contributed by atoms with Crippen molar-refractivity contribution in [2.45, 2.75) is 62.9 Å². The SMILES string of the molecule is Cc1cc([C@@H]2CN[C@H](C(=O)N3CCC[C@H]3C#N)C2)cc(C)c1O.Cc1ccc(S(=O)(=O)O)cc1. The first kappa shape index (κ1) is 25.7. The van der Waals surface area contributed by atoms with Crippen molar-refractivity contribution in [2.75, 3.05) is 13.1 Å². The number of nitrogens with one attached hydrogen (secondary N) is 1. The number of benzene rings is 2. The minimum Gasteiger partial charge on any atom is -0.507 e. The van der Waals surface area contributed by atoms with Gasteiger partial charge in [0, 0.05) is 13.1 Å². The Morgan fingerprint density at radius 3 is 2.32 bits per heavy atom. The number of rotatable bonds is 3. The summed E-state index contributed by atoms with van der Waals surface area (Å²) in [7, 11) is -4.02. The van der Waals surface area contributed by atoms with E-state index < -0.39 is 10.1 Å². The molecule has 2 aliphatic heterocycles. The Labute approximate surface area is 201 Å². The third kappa shape index (κ3) is 5.95. The number of carbonyl (C=O) groups is 1. The zero-order chi connectivity index (χ0) is 25.0. The van der Waals surface area contributed by atoms with Gasteiger partial charge < -0.3 is 15.3 Å². The van der Waals surface area contributed by atoms with Gasteiger partial charge in [0.2, 0.25) is 5.91 Å². The molecule has 0 radical (unpaired) electrons. The minimum absolute atomic E-state index is 0.0590. The molecule has 2 aromatic carbocycles. The number of phenolic OH excluding ortho intramolecular Hbond substituents is 1. The molecule has 2 saturated heterocycles. The number of likely N-dealkylation sites (tertiary alicyclic amines) is 1. The maximum Gasteiger partial charge on any atom is 0.294 e. The maximum atomic E-state index is 12.7. The summed E-state index contributed by atoms with van der Waals surface area (Å²) in [5, 5.41) is 22.4. The predicted molar refractivity (Wildman–Crippen MR) is 128 cm³/mol. The summed E-state index contributed by atoms with van der Waals surface area (Å²) in [4.78, 5) is 14.3. The quantitative estimate of drug-likeness (QED) is 0.569. The van der Waals surface area contributed by atoms with Gasteiger partial charge >= 0.3 is 0 Å². The molecule has 3 N–H and O–H groups in total. The standard InChI is InChI=1S/C18H23N3O2.C7H8O3S/c1-11-6-13(7-12(2)17(11)22)14-8-16(20-10-14)18(23)21-5-3-4-15(21)9-19;1-6-2-4-7(5-3-6)11(8,9)10/h6-7,14-16,20,22H,3-5,8,10H2,1-2H3;2-5H,1H3,(H,8,9,10)/t14-,15-,16-;/m0./s1. The lowest BCUT2D eigenvalue weighted by Crippen LogP contribution is -2.45. The van der Waals surface area contributed by atoms with Crippen LogP contribution in [0.3, 0.4) is 0 Å². The van der Waals surface area contributed by atoms with E-state index in [0.717, 1.165) is 42.5 Å². The lowest BCUT2D eigenvalue weighted by atomic mass is 9.92. The van der Waals surface area contributed by atoms with E-state index in [1.807, 2.05) is 32.9 Å². The van der Waals surface area contributed by atoms with Crippen LogP contribution in [-0.2, 0) is 14.9 Å². The molecule has 4 rings (SSSR count). The zero-order valence-electron chi connectivity index (χ0n) is 19.7. The molecule has 0 bridgehead atoms. The van der Waals surface area contributed by atoms with E-state index in [4.69, 9.17) is 9.81 Å². The topological polar surface area (TPSA) is 131 Å². The molecule has 34 heavy (non-hydrogen) atoms. The molecule has 0 aromatic heterocycles. The third-order valence-electron chi connectivity index (χ3n) is 6.42. The second kappa shape index (κ2) is 10.6. The second-order valence-electron chi connectivity index (χ2n) is 9.00. The molecular formula is C25H31N3O5S. The van der Waals surface area contributed by atoms with Crippen molar-refractivity contribution in [3.05, 3.63) is 58.7 Å². The molecule has 3 atom stereocenters. The number of carbonyl (C=O) groups excluding carboxylic acids is 1. The van der Waals surface area contributed by atoms with Gasteiger partial charge in [-0.1, -0.05) is 29.8 Å². The number of hydrogen-bond donors (Lipinski definition) is 3. The highest BCUT2D eigenvalue weighted by atomic mass is 32.2. The highest BCUT2D eigenvalue weighted by Crippen LogP contribution is 2.32. The van der Waals surface area contributed by atoms with Crippen LogP contribution < -0.4 is 5.32 Å². The third-order valence-corrected chi connectivity index (χ3v) is 7.29. The zero-order valence-corrected chi connectivity index (χ0v) is 20.5. The van der Waals surface area contributed by atoms with E-state index in [0.29, 0.717) is 12.3 Å². The largest absolute Gasteiger partial charge is 0.507 e. The molecule has 2 aromatic rings. The fraction of sp³-hybridized carbons (Fsp3) is 0.440. The molecule has 2 aliphatic rings. The van der Waals surface area contributed by atoms with E-state index in [1.165, 1.54) is 17.7 Å². The monoisotopic (exact) mass is 485 g/mol. The molecule has 2 heterocycles. The van der Waals surface area contributed by atoms with E-state index in [1.54, 1.807) is 17.0 Å². The molecule has 0 spiro atoms. The molecule has 2 fully saturated rings. The molecule has 0 unspecified atom stereocenters. The number of phenols is 1. The fourth-order valence-corrected chi connectivity index (χ4v) is 4.96. The van der Waals surface area contributed by atoms with Gasteiger partial charge in [0.05, 0.1) is 17.0 Å². The average Bonchev–Trinajstić information content (AvgIpc) is 3.46. The van der Waals surface area contributed by atoms with E-state index in [-0.39, 0.29) is 28.8 Å². The predicted octanol–water partition coefficient (Wildman–Crippen LogP) is 3.21. The number of aromatic hydroxyl groups is 1. The van der Waals surface area contributed by atoms with Crippen LogP contribution in [0.25, 0.3) is 0 Å². The maximum absolute atomic E-state index is 12.7. The van der Waals surface area contributed by atoms with Crippen LogP contribution in [0.2, 0.25) is 0 Å². The number of hydrogen-bond acceptors (Lipinski definition) is 6. The lowest BCUT2D eigenvalue weighted by Gasteiger charge is -2.23. The molecular weight excluding hydrogens is 454 g/mol. The van der Waals surface area contributed by atoms with E-state index in [2.05, 4.69) is 11.4 Å². The summed E-state index contributed by atoms with van der Waals surface area (Å²) in [6.45, 7) is 7.09. The molecule has 0 saturated carbocycles. The van der Waals surface area contributed by atoms with Gasteiger partial charge in [-0.25, -0.2) is 0 Å². The molecule has 9 heteroatoms. The van der Waals surface area contributed by atoms with Crippen molar-refractivity contribution >= 4 is 16.0 Å². The van der Waals surface area contributed by atoms with Crippen molar-refractivity contribution in [1.82, 2.24) is 10.2 Å². The Morgan fingerprint density at radius 2 is 1.76 bits per heavy atom. The van der Waals surface area contributed by atoms with Crippen molar-refractivity contribution in [1.29, 1.82) is 5.26 Å². The van der Waals surface area contributed by atoms with Gasteiger partial charge in [-0.05, 0) is 74.8 Å². The van der Waals surface area contributed by atoms with Crippen LogP contribution in [-0.4, -0.2) is 54.1 Å². The summed E-state index contributed by atoms with van der Waals surface area (Å²) in [6, 6.07) is 11.8. The van der Waals surface area contributed by atoms with Crippen molar-refractivity contribution < 1.29 is 22.9 Å². The molecule has 182 valence electrons. The lowest BCUT2D eigenvalue weighted by molar-refractivity contribution is -0.133. The summed E-state index contributed by atoms with van der Waals surface area (Å²) >= 11 is 0. The van der Waals surface area contributed by atoms with Gasteiger partial charge in [0.25, 0.3) is 10.1 Å². The minimum atomic E-state index is -4.02. The van der Waals surface area contributed by atoms with Crippen molar-refractivity contribution in [3.63, 3.8) is 0 Å². The van der Waals surface area contributed by atoms with Crippen LogP contribution in [0, 0.1) is 32.1 Å². The van der Waals surface area contributed by atoms with Crippen LogP contribution in [0.5, 0.6) is 5.75 Å². The van der Waals surface area contributed by atoms with Crippen LogP contribution in [0.1, 0.15) is 47.4 Å². The second-order valence-corrected chi connectivity index (χ2v) is 10.4. The Hall–Kier alpha value is -2.93. The molecule has 0 aliphatic carbocycles. The van der Waals surface area contributed by atoms with Crippen molar-refractivity contribution in [3.8, 4) is 11.8 Å². The van der Waals surface area contributed by atoms with Crippen molar-refractivity contribution in [2.24, 2.45) is 0 Å². The Kier molecular flexibility index (Phi) is 7.97. The summed E-state index contributed by atoms with van der Waals surface area (Å²) in [5.41, 5.74) is 3.87. The smallest absolute Gasteiger partial charge is 0.294 e. The number of amides is 1. The normalized spacial score (nSPS) is 22.1. The fourth-order valence-electron chi connectivity index (χ4n) is 4.48. The molecule has 1 amide bonds. The first-order chi connectivity index (χ1) is 16.0. The highest BCUT2D eigenvalue weighted by Gasteiger charge is 2.37. The summed E-state index contributed by atoms with van der Waals surface area (Å²) in [6.07, 6.45) is 2.45. The van der Waals surface area contributed by atoms with E-state index in [9.17, 15) is 18.3 Å². The van der Waals surface area contributed by atoms with Gasteiger partial charge in [-0.3, -0.25) is 9.35 Å². The van der Waals surface area contributed by atoms with E-state index >= 15 is 0 Å². The van der Waals surface area contributed by atoms with Gasteiger partial charge in [-0.2, -0.15) is 13.7 Å². The Morgan fingerprint density at radius 1 is 1.15 bits per heavy atom. The number of nitriles is 1. The number of aryl methyl sites for hydroxylation is 3. The summed E-state index contributed by atoms with van der Waals surface area (Å²) in [5.74, 6) is 0.676. The van der Waals surface area contributed by atoms with Crippen LogP contribution in [0.4, 0.5) is 0 Å². The highest BCUT2D eigenvalue weighted by molar-refractivity contribution is 7.85. The summed E-state index contributed by atoms with van der Waals surface area (Å²) < 4.78 is 29.6. The van der Waals surface area contributed by atoms with Gasteiger partial charge in [0.1, 0.15) is 11.8 Å². The van der Waals surface area contributed by atoms with Crippen LogP contribution >= 0.6 is 0 Å². The first-order valence-corrected chi connectivity index (χ1v) is 12.7. The van der Waals surface area contributed by atoms with Gasteiger partial charge in [-0.15, -0.1) is 0 Å². The Balaban J connectivity index is 0.000000248. The Bertz CT molecular complexity index is 1170. The number of nitrogens with zero attached hydrogens (tertiary/aromatic N) is 2.